The van der Waals surface area contributed by atoms with Crippen molar-refractivity contribution in [1.82, 2.24) is 4.57 Å². The fourth-order valence-corrected chi connectivity index (χ4v) is 2.27. The fraction of sp³-hybridized carbons (Fsp3) is 0.357. The molecule has 96 valence electrons. The minimum Gasteiger partial charge on any atom is -0.468 e. The van der Waals surface area contributed by atoms with Gasteiger partial charge in [0.15, 0.2) is 0 Å². The van der Waals surface area contributed by atoms with Crippen molar-refractivity contribution < 1.29 is 9.53 Å². The lowest BCUT2D eigenvalue weighted by molar-refractivity contribution is -0.142. The Morgan fingerprint density at radius 3 is 2.72 bits per heavy atom. The van der Waals surface area contributed by atoms with Crippen LogP contribution in [0.2, 0.25) is 0 Å². The number of aromatic nitrogens is 1. The number of nitrogens with zero attached hydrogens (tertiary/aromatic N) is 1. The molecule has 2 aromatic rings. The summed E-state index contributed by atoms with van der Waals surface area (Å²) in [6.45, 7) is 1.95. The third-order valence-electron chi connectivity index (χ3n) is 3.43. The number of ether oxygens (including phenoxy) is 1. The van der Waals surface area contributed by atoms with E-state index in [-0.39, 0.29) is 11.9 Å². The van der Waals surface area contributed by atoms with Gasteiger partial charge in [-0.2, -0.15) is 0 Å². The van der Waals surface area contributed by atoms with Crippen LogP contribution in [0.3, 0.4) is 0 Å². The van der Waals surface area contributed by atoms with Crippen LogP contribution in [-0.2, 0) is 16.6 Å². The van der Waals surface area contributed by atoms with Crippen molar-refractivity contribution in [3.63, 3.8) is 0 Å². The summed E-state index contributed by atoms with van der Waals surface area (Å²) in [4.78, 5) is 11.5. The predicted octanol–water partition coefficient (Wildman–Crippen LogP) is 1.78. The van der Waals surface area contributed by atoms with Gasteiger partial charge in [-0.25, -0.2) is 0 Å². The minimum atomic E-state index is -0.638. The zero-order chi connectivity index (χ0) is 13.3. The van der Waals surface area contributed by atoms with Crippen molar-refractivity contribution in [1.29, 1.82) is 0 Å². The number of fused-ring (bicyclic) bond motifs is 1. The number of para-hydroxylation sites is 1. The lowest BCUT2D eigenvalue weighted by atomic mass is 9.93. The Kier molecular flexibility index (Phi) is 3.39. The monoisotopic (exact) mass is 246 g/mol. The number of carbonyl (C=O) groups is 1. The Hall–Kier alpha value is -1.81. The number of carbonyl (C=O) groups excluding carboxylic acids is 1. The van der Waals surface area contributed by atoms with Gasteiger partial charge in [0.2, 0.25) is 0 Å². The molecule has 0 saturated heterocycles. The maximum atomic E-state index is 11.5. The summed E-state index contributed by atoms with van der Waals surface area (Å²) in [7, 11) is 3.35. The molecule has 4 heteroatoms. The first kappa shape index (κ1) is 12.6. The van der Waals surface area contributed by atoms with E-state index in [0.29, 0.717) is 0 Å². The molecule has 0 aliphatic heterocycles. The summed E-state index contributed by atoms with van der Waals surface area (Å²) in [6, 6.07) is 7.44. The quantitative estimate of drug-likeness (QED) is 0.840. The van der Waals surface area contributed by atoms with E-state index < -0.39 is 6.04 Å². The van der Waals surface area contributed by atoms with E-state index in [1.165, 1.54) is 7.11 Å². The van der Waals surface area contributed by atoms with Crippen LogP contribution in [0.4, 0.5) is 0 Å². The van der Waals surface area contributed by atoms with Crippen LogP contribution in [0, 0.1) is 0 Å². The van der Waals surface area contributed by atoms with Crippen molar-refractivity contribution in [2.75, 3.05) is 7.11 Å². The van der Waals surface area contributed by atoms with Gasteiger partial charge < -0.3 is 15.0 Å². The van der Waals surface area contributed by atoms with Crippen LogP contribution >= 0.6 is 0 Å². The van der Waals surface area contributed by atoms with Crippen LogP contribution in [0.1, 0.15) is 18.4 Å². The molecule has 1 heterocycles. The van der Waals surface area contributed by atoms with Crippen molar-refractivity contribution in [3.8, 4) is 0 Å². The second-order valence-corrected chi connectivity index (χ2v) is 4.55. The van der Waals surface area contributed by atoms with Crippen LogP contribution in [0.25, 0.3) is 10.9 Å². The normalized spacial score (nSPS) is 14.4. The zero-order valence-corrected chi connectivity index (χ0v) is 10.9. The van der Waals surface area contributed by atoms with Gasteiger partial charge in [0.05, 0.1) is 7.11 Å². The first-order chi connectivity index (χ1) is 8.56. The smallest absolute Gasteiger partial charge is 0.323 e. The first-order valence-electron chi connectivity index (χ1n) is 5.93. The number of hydrogen-bond acceptors (Lipinski definition) is 3. The molecule has 2 unspecified atom stereocenters. The molecule has 4 nitrogen and oxygen atoms in total. The molecule has 2 N–H and O–H groups in total. The van der Waals surface area contributed by atoms with Crippen LogP contribution in [-0.4, -0.2) is 23.7 Å². The summed E-state index contributed by atoms with van der Waals surface area (Å²) in [5.41, 5.74) is 8.13. The average molecular weight is 246 g/mol. The summed E-state index contributed by atoms with van der Waals surface area (Å²) in [5, 5.41) is 1.13. The Morgan fingerprint density at radius 1 is 1.39 bits per heavy atom. The van der Waals surface area contributed by atoms with Crippen LogP contribution in [0.15, 0.2) is 30.5 Å². The molecular weight excluding hydrogens is 228 g/mol. The largest absolute Gasteiger partial charge is 0.468 e. The molecule has 0 amide bonds. The fourth-order valence-electron chi connectivity index (χ4n) is 2.27. The van der Waals surface area contributed by atoms with Gasteiger partial charge >= 0.3 is 5.97 Å². The molecule has 0 radical (unpaired) electrons. The molecule has 1 aromatic carbocycles. The number of benzene rings is 1. The second kappa shape index (κ2) is 4.82. The summed E-state index contributed by atoms with van der Waals surface area (Å²) in [6.07, 6.45) is 2.03. The van der Waals surface area contributed by atoms with Crippen molar-refractivity contribution in [2.45, 2.75) is 18.9 Å². The number of methoxy groups -OCH3 is 1. The minimum absolute atomic E-state index is 0.0800. The van der Waals surface area contributed by atoms with E-state index in [4.69, 9.17) is 10.5 Å². The van der Waals surface area contributed by atoms with Crippen LogP contribution < -0.4 is 5.73 Å². The molecule has 0 aliphatic carbocycles. The lowest BCUT2D eigenvalue weighted by Crippen LogP contribution is -2.36. The number of rotatable bonds is 3. The number of nitrogens with two attached hydrogens (primary N) is 1. The predicted molar refractivity (Wildman–Crippen MR) is 71.3 cm³/mol. The molecule has 0 saturated carbocycles. The van der Waals surface area contributed by atoms with Gasteiger partial charge in [0.25, 0.3) is 0 Å². The molecule has 18 heavy (non-hydrogen) atoms. The molecule has 0 aliphatic rings. The van der Waals surface area contributed by atoms with Gasteiger partial charge in [-0.1, -0.05) is 25.1 Å². The zero-order valence-electron chi connectivity index (χ0n) is 10.9. The first-order valence-corrected chi connectivity index (χ1v) is 5.93. The van der Waals surface area contributed by atoms with Gasteiger partial charge in [-0.05, 0) is 11.6 Å². The van der Waals surface area contributed by atoms with Gasteiger partial charge in [0, 0.05) is 30.1 Å². The SMILES string of the molecule is COC(=O)C(N)C(C)c1cn(C)c2ccccc12. The van der Waals surface area contributed by atoms with E-state index in [2.05, 4.69) is 6.07 Å². The van der Waals surface area contributed by atoms with Gasteiger partial charge in [-0.15, -0.1) is 0 Å². The van der Waals surface area contributed by atoms with Crippen molar-refractivity contribution in [3.05, 3.63) is 36.0 Å². The van der Waals surface area contributed by atoms with E-state index in [1.807, 2.05) is 42.9 Å². The molecular formula is C14H18N2O2. The van der Waals surface area contributed by atoms with Crippen molar-refractivity contribution in [2.24, 2.45) is 12.8 Å². The maximum absolute atomic E-state index is 11.5. The number of esters is 1. The Bertz CT molecular complexity index is 574. The highest BCUT2D eigenvalue weighted by Gasteiger charge is 2.25. The van der Waals surface area contributed by atoms with Gasteiger partial charge in [-0.3, -0.25) is 4.79 Å². The highest BCUT2D eigenvalue weighted by Crippen LogP contribution is 2.28. The second-order valence-electron chi connectivity index (χ2n) is 4.55. The molecule has 0 bridgehead atoms. The maximum Gasteiger partial charge on any atom is 0.323 e. The highest BCUT2D eigenvalue weighted by molar-refractivity contribution is 5.86. The average Bonchev–Trinajstić information content (AvgIpc) is 2.74. The summed E-state index contributed by atoms with van der Waals surface area (Å²) >= 11 is 0. The van der Waals surface area contributed by atoms with Gasteiger partial charge in [0.1, 0.15) is 6.04 Å². The number of hydrogen-bond donors (Lipinski definition) is 1. The highest BCUT2D eigenvalue weighted by atomic mass is 16.5. The standard InChI is InChI=1S/C14H18N2O2/c1-9(13(15)14(17)18-3)11-8-16(2)12-7-5-4-6-10(11)12/h4-9,13H,15H2,1-3H3. The summed E-state index contributed by atoms with van der Waals surface area (Å²) in [5.74, 6) is -0.459. The van der Waals surface area contributed by atoms with E-state index >= 15 is 0 Å². The molecule has 2 rings (SSSR count). The van der Waals surface area contributed by atoms with E-state index in [0.717, 1.165) is 16.5 Å². The molecule has 1 aromatic heterocycles. The number of aryl methyl sites for hydroxylation is 1. The van der Waals surface area contributed by atoms with E-state index in [9.17, 15) is 4.79 Å². The Balaban J connectivity index is 2.45. The Labute approximate surface area is 106 Å². The topological polar surface area (TPSA) is 57.2 Å². The third-order valence-corrected chi connectivity index (χ3v) is 3.43. The van der Waals surface area contributed by atoms with E-state index in [1.54, 1.807) is 0 Å². The molecule has 0 spiro atoms. The summed E-state index contributed by atoms with van der Waals surface area (Å²) < 4.78 is 6.75. The van der Waals surface area contributed by atoms with Crippen molar-refractivity contribution >= 4 is 16.9 Å². The van der Waals surface area contributed by atoms with Crippen LogP contribution in [0.5, 0.6) is 0 Å². The lowest BCUT2D eigenvalue weighted by Gasteiger charge is -2.17. The molecule has 2 atom stereocenters. The third kappa shape index (κ3) is 1.99. The Morgan fingerprint density at radius 2 is 2.06 bits per heavy atom. The molecule has 0 fully saturated rings.